The minimum Gasteiger partial charge on any atom is -0.334 e. The molecule has 0 atom stereocenters. The van der Waals surface area contributed by atoms with Gasteiger partial charge >= 0.3 is 0 Å². The predicted octanol–water partition coefficient (Wildman–Crippen LogP) is 2.60. The number of carbonyl (C=O) groups is 1. The van der Waals surface area contributed by atoms with Crippen LogP contribution in [0.5, 0.6) is 0 Å². The van der Waals surface area contributed by atoms with Crippen molar-refractivity contribution in [1.29, 1.82) is 0 Å². The van der Waals surface area contributed by atoms with E-state index >= 15 is 0 Å². The Morgan fingerprint density at radius 2 is 2.04 bits per heavy atom. The lowest BCUT2D eigenvalue weighted by Gasteiger charge is -2.26. The molecule has 0 saturated carbocycles. The summed E-state index contributed by atoms with van der Waals surface area (Å²) >= 11 is 0. The average Bonchev–Trinajstić information content (AvgIpc) is 3.05. The topological polar surface area (TPSA) is 51.0 Å². The molecular weight excluding hydrogens is 307 g/mol. The highest BCUT2D eigenvalue weighted by atomic mass is 19.1. The molecule has 5 nitrogen and oxygen atoms in total. The number of fused-ring (bicyclic) bond motifs is 1. The molecule has 0 aliphatic carbocycles. The largest absolute Gasteiger partial charge is 0.334 e. The number of halogens is 1. The van der Waals surface area contributed by atoms with Gasteiger partial charge < -0.3 is 4.90 Å². The third kappa shape index (κ3) is 2.56. The van der Waals surface area contributed by atoms with Gasteiger partial charge in [-0.2, -0.15) is 5.10 Å². The van der Waals surface area contributed by atoms with Gasteiger partial charge in [0.15, 0.2) is 0 Å². The first-order valence-corrected chi connectivity index (χ1v) is 7.74. The van der Waals surface area contributed by atoms with Crippen LogP contribution in [0.2, 0.25) is 0 Å². The van der Waals surface area contributed by atoms with Crippen LogP contribution in [0, 0.1) is 5.82 Å². The zero-order chi connectivity index (χ0) is 16.5. The molecule has 4 rings (SSSR count). The summed E-state index contributed by atoms with van der Waals surface area (Å²) in [5, 5.41) is 4.49. The van der Waals surface area contributed by atoms with Crippen LogP contribution in [0.3, 0.4) is 0 Å². The van der Waals surface area contributed by atoms with E-state index in [1.54, 1.807) is 46.4 Å². The van der Waals surface area contributed by atoms with E-state index in [9.17, 15) is 9.18 Å². The van der Waals surface area contributed by atoms with E-state index in [1.165, 1.54) is 6.07 Å². The highest BCUT2D eigenvalue weighted by molar-refractivity contribution is 5.96. The number of nitrogens with zero attached hydrogens (tertiary/aromatic N) is 4. The SMILES string of the molecule is O=C1c2cn(-c3cccnc3)nc2CCN1Cc1ccccc1F. The third-order valence-corrected chi connectivity index (χ3v) is 4.16. The van der Waals surface area contributed by atoms with Crippen molar-refractivity contribution >= 4 is 5.91 Å². The Bertz CT molecular complexity index is 891. The minimum atomic E-state index is -0.290. The highest BCUT2D eigenvalue weighted by Crippen LogP contribution is 2.21. The van der Waals surface area contributed by atoms with Crippen molar-refractivity contribution in [2.24, 2.45) is 0 Å². The molecule has 0 radical (unpaired) electrons. The van der Waals surface area contributed by atoms with E-state index in [2.05, 4.69) is 10.1 Å². The lowest BCUT2D eigenvalue weighted by molar-refractivity contribution is 0.0725. The van der Waals surface area contributed by atoms with Crippen LogP contribution in [0.25, 0.3) is 5.69 Å². The first-order valence-electron chi connectivity index (χ1n) is 7.74. The number of pyridine rings is 1. The second-order valence-electron chi connectivity index (χ2n) is 5.71. The zero-order valence-electron chi connectivity index (χ0n) is 12.9. The Kier molecular flexibility index (Phi) is 3.57. The van der Waals surface area contributed by atoms with Gasteiger partial charge in [0.05, 0.1) is 23.1 Å². The van der Waals surface area contributed by atoms with Crippen LogP contribution in [-0.2, 0) is 13.0 Å². The maximum Gasteiger partial charge on any atom is 0.257 e. The van der Waals surface area contributed by atoms with E-state index in [0.717, 1.165) is 11.4 Å². The maximum absolute atomic E-state index is 13.8. The Morgan fingerprint density at radius 1 is 1.17 bits per heavy atom. The summed E-state index contributed by atoms with van der Waals surface area (Å²) in [4.78, 5) is 18.4. The van der Waals surface area contributed by atoms with E-state index < -0.39 is 0 Å². The third-order valence-electron chi connectivity index (χ3n) is 4.16. The van der Waals surface area contributed by atoms with Gasteiger partial charge in [0.25, 0.3) is 5.91 Å². The number of benzene rings is 1. The molecule has 1 aliphatic rings. The molecule has 1 amide bonds. The van der Waals surface area contributed by atoms with Crippen LogP contribution in [-0.4, -0.2) is 32.1 Å². The zero-order valence-corrected chi connectivity index (χ0v) is 12.9. The van der Waals surface area contributed by atoms with Gasteiger partial charge in [0, 0.05) is 37.5 Å². The number of rotatable bonds is 3. The molecule has 120 valence electrons. The lowest BCUT2D eigenvalue weighted by Crippen LogP contribution is -2.36. The molecule has 24 heavy (non-hydrogen) atoms. The molecule has 0 bridgehead atoms. The van der Waals surface area contributed by atoms with Crippen molar-refractivity contribution < 1.29 is 9.18 Å². The van der Waals surface area contributed by atoms with Crippen molar-refractivity contribution in [1.82, 2.24) is 19.7 Å². The Hall–Kier alpha value is -3.02. The highest BCUT2D eigenvalue weighted by Gasteiger charge is 2.28. The first-order chi connectivity index (χ1) is 11.7. The molecule has 0 N–H and O–H groups in total. The number of carbonyl (C=O) groups excluding carboxylic acids is 1. The second kappa shape index (κ2) is 5.88. The molecule has 1 aliphatic heterocycles. The molecule has 0 saturated heterocycles. The first kappa shape index (κ1) is 14.6. The molecule has 6 heteroatoms. The summed E-state index contributed by atoms with van der Waals surface area (Å²) in [6.45, 7) is 0.799. The summed E-state index contributed by atoms with van der Waals surface area (Å²) in [5.74, 6) is -0.406. The van der Waals surface area contributed by atoms with Crippen LogP contribution < -0.4 is 0 Å². The molecule has 0 spiro atoms. The van der Waals surface area contributed by atoms with Gasteiger partial charge in [-0.1, -0.05) is 18.2 Å². The lowest BCUT2D eigenvalue weighted by atomic mass is 10.1. The van der Waals surface area contributed by atoms with Gasteiger partial charge in [-0.05, 0) is 18.2 Å². The van der Waals surface area contributed by atoms with Crippen molar-refractivity contribution in [2.45, 2.75) is 13.0 Å². The van der Waals surface area contributed by atoms with Crippen molar-refractivity contribution in [3.63, 3.8) is 0 Å². The van der Waals surface area contributed by atoms with Crippen molar-refractivity contribution in [2.75, 3.05) is 6.54 Å². The standard InChI is InChI=1S/C18H15FN4O/c19-16-6-2-1-4-13(16)11-22-9-7-17-15(18(22)24)12-23(21-17)14-5-3-8-20-10-14/h1-6,8,10,12H,7,9,11H2. The number of hydrogen-bond acceptors (Lipinski definition) is 3. The van der Waals surface area contributed by atoms with Crippen LogP contribution in [0.15, 0.2) is 55.0 Å². The molecule has 1 aromatic carbocycles. The fourth-order valence-corrected chi connectivity index (χ4v) is 2.89. The smallest absolute Gasteiger partial charge is 0.257 e. The molecule has 3 heterocycles. The van der Waals surface area contributed by atoms with Crippen LogP contribution in [0.4, 0.5) is 4.39 Å². The second-order valence-corrected chi connectivity index (χ2v) is 5.71. The minimum absolute atomic E-state index is 0.116. The van der Waals surface area contributed by atoms with Crippen LogP contribution in [0.1, 0.15) is 21.6 Å². The normalized spacial score (nSPS) is 13.9. The van der Waals surface area contributed by atoms with Gasteiger partial charge in [0.2, 0.25) is 0 Å². The van der Waals surface area contributed by atoms with Crippen LogP contribution >= 0.6 is 0 Å². The number of aromatic nitrogens is 3. The van der Waals surface area contributed by atoms with Crippen molar-refractivity contribution in [3.8, 4) is 5.69 Å². The quantitative estimate of drug-likeness (QED) is 0.745. The van der Waals surface area contributed by atoms with Gasteiger partial charge in [-0.15, -0.1) is 0 Å². The van der Waals surface area contributed by atoms with Crippen molar-refractivity contribution in [3.05, 3.63) is 77.6 Å². The Labute approximate surface area is 138 Å². The summed E-state index contributed by atoms with van der Waals surface area (Å²) in [5.41, 5.74) is 2.67. The number of hydrogen-bond donors (Lipinski definition) is 0. The van der Waals surface area contributed by atoms with E-state index in [0.29, 0.717) is 24.1 Å². The Balaban J connectivity index is 1.61. The van der Waals surface area contributed by atoms with E-state index in [-0.39, 0.29) is 18.3 Å². The molecule has 0 fully saturated rings. The van der Waals surface area contributed by atoms with E-state index in [1.807, 2.05) is 12.1 Å². The summed E-state index contributed by atoms with van der Waals surface area (Å²) in [6, 6.07) is 10.2. The average molecular weight is 322 g/mol. The number of amides is 1. The maximum atomic E-state index is 13.8. The van der Waals surface area contributed by atoms with Gasteiger partial charge in [-0.25, -0.2) is 9.07 Å². The molecule has 2 aromatic heterocycles. The fraction of sp³-hybridized carbons (Fsp3) is 0.167. The van der Waals surface area contributed by atoms with Gasteiger partial charge in [0.1, 0.15) is 5.82 Å². The monoisotopic (exact) mass is 322 g/mol. The summed E-state index contributed by atoms with van der Waals surface area (Å²) < 4.78 is 15.5. The predicted molar refractivity (Wildman–Crippen MR) is 86.2 cm³/mol. The summed E-state index contributed by atoms with van der Waals surface area (Å²) in [6.07, 6.45) is 5.76. The van der Waals surface area contributed by atoms with Gasteiger partial charge in [-0.3, -0.25) is 9.78 Å². The molecule has 3 aromatic rings. The van der Waals surface area contributed by atoms with E-state index in [4.69, 9.17) is 0 Å². The summed E-state index contributed by atoms with van der Waals surface area (Å²) in [7, 11) is 0. The fourth-order valence-electron chi connectivity index (χ4n) is 2.89. The molecule has 0 unspecified atom stereocenters. The molecular formula is C18H15FN4O. The Morgan fingerprint density at radius 3 is 2.83 bits per heavy atom.